The van der Waals surface area contributed by atoms with Crippen LogP contribution in [0, 0.1) is 5.41 Å². The molecule has 0 atom stereocenters. The van der Waals surface area contributed by atoms with Gasteiger partial charge in [-0.05, 0) is 19.8 Å². The van der Waals surface area contributed by atoms with Gasteiger partial charge in [-0.2, -0.15) is 0 Å². The molecule has 1 amide bonds. The van der Waals surface area contributed by atoms with Gasteiger partial charge in [-0.3, -0.25) is 4.79 Å². The molecule has 0 aromatic heterocycles. The van der Waals surface area contributed by atoms with Gasteiger partial charge in [-0.25, -0.2) is 0 Å². The molecule has 0 radical (unpaired) electrons. The molecule has 1 fully saturated rings. The Morgan fingerprint density at radius 3 is 2.65 bits per heavy atom. The average molecular weight is 267 g/mol. The lowest BCUT2D eigenvalue weighted by atomic mass is 9.79. The molecule has 0 unspecified atom stereocenters. The summed E-state index contributed by atoms with van der Waals surface area (Å²) in [5.74, 6) is 0.0398. The fourth-order valence-electron chi connectivity index (χ4n) is 1.85. The van der Waals surface area contributed by atoms with Crippen LogP contribution in [0.25, 0.3) is 0 Å². The number of nitrogens with two attached hydrogens (primary N) is 1. The van der Waals surface area contributed by atoms with Crippen molar-refractivity contribution in [3.8, 4) is 0 Å². The van der Waals surface area contributed by atoms with Gasteiger partial charge in [-0.1, -0.05) is 0 Å². The molecular formula is C11H23ClN2O3. The number of hydrogen-bond acceptors (Lipinski definition) is 4. The Hall–Kier alpha value is -0.360. The summed E-state index contributed by atoms with van der Waals surface area (Å²) in [5, 5.41) is 2.88. The smallest absolute Gasteiger partial charge is 0.227 e. The molecule has 0 aromatic carbocycles. The van der Waals surface area contributed by atoms with Crippen LogP contribution in [0.5, 0.6) is 0 Å². The first kappa shape index (κ1) is 16.6. The zero-order chi connectivity index (χ0) is 11.9. The molecular weight excluding hydrogens is 244 g/mol. The van der Waals surface area contributed by atoms with E-state index in [1.165, 1.54) is 0 Å². The van der Waals surface area contributed by atoms with E-state index in [9.17, 15) is 4.79 Å². The summed E-state index contributed by atoms with van der Waals surface area (Å²) in [6, 6.07) is 0. The lowest BCUT2D eigenvalue weighted by Crippen LogP contribution is -2.49. The average Bonchev–Trinajstić information content (AvgIpc) is 2.35. The minimum absolute atomic E-state index is 0. The molecule has 17 heavy (non-hydrogen) atoms. The fraction of sp³-hybridized carbons (Fsp3) is 0.909. The number of nitrogens with one attached hydrogen (secondary N) is 1. The molecule has 3 N–H and O–H groups in total. The quantitative estimate of drug-likeness (QED) is 0.679. The highest BCUT2D eigenvalue weighted by Gasteiger charge is 2.38. The first-order chi connectivity index (χ1) is 7.75. The summed E-state index contributed by atoms with van der Waals surface area (Å²) >= 11 is 0. The minimum Gasteiger partial charge on any atom is -0.381 e. The molecule has 1 saturated heterocycles. The normalized spacial score (nSPS) is 18.2. The molecule has 1 heterocycles. The second kappa shape index (κ2) is 8.69. The Morgan fingerprint density at radius 1 is 1.47 bits per heavy atom. The van der Waals surface area contributed by atoms with E-state index in [0.29, 0.717) is 52.4 Å². The minimum atomic E-state index is -0.426. The summed E-state index contributed by atoms with van der Waals surface area (Å²) < 4.78 is 10.4. The van der Waals surface area contributed by atoms with Crippen molar-refractivity contribution in [2.45, 2.75) is 19.8 Å². The summed E-state index contributed by atoms with van der Waals surface area (Å²) in [6.07, 6.45) is 1.42. The van der Waals surface area contributed by atoms with Gasteiger partial charge in [0.25, 0.3) is 0 Å². The zero-order valence-corrected chi connectivity index (χ0v) is 11.2. The van der Waals surface area contributed by atoms with Crippen LogP contribution in [-0.2, 0) is 14.3 Å². The van der Waals surface area contributed by atoms with E-state index < -0.39 is 5.41 Å². The van der Waals surface area contributed by atoms with Crippen molar-refractivity contribution in [3.05, 3.63) is 0 Å². The first-order valence-electron chi connectivity index (χ1n) is 5.89. The maximum Gasteiger partial charge on any atom is 0.227 e. The molecule has 1 rings (SSSR count). The van der Waals surface area contributed by atoms with Crippen LogP contribution in [-0.4, -0.2) is 45.4 Å². The highest BCUT2D eigenvalue weighted by atomic mass is 35.5. The predicted molar refractivity (Wildman–Crippen MR) is 68.3 cm³/mol. The van der Waals surface area contributed by atoms with Crippen LogP contribution in [0.15, 0.2) is 0 Å². The van der Waals surface area contributed by atoms with E-state index in [4.69, 9.17) is 15.2 Å². The third kappa shape index (κ3) is 4.79. The lowest BCUT2D eigenvalue weighted by Gasteiger charge is -2.34. The number of rotatable bonds is 6. The summed E-state index contributed by atoms with van der Waals surface area (Å²) in [7, 11) is 0. The zero-order valence-electron chi connectivity index (χ0n) is 10.4. The van der Waals surface area contributed by atoms with E-state index in [-0.39, 0.29) is 18.3 Å². The predicted octanol–water partition coefficient (Wildman–Crippen LogP) is 0.316. The van der Waals surface area contributed by atoms with Crippen molar-refractivity contribution < 1.29 is 14.3 Å². The van der Waals surface area contributed by atoms with Crippen LogP contribution in [0.3, 0.4) is 0 Å². The Morgan fingerprint density at radius 2 is 2.12 bits per heavy atom. The summed E-state index contributed by atoms with van der Waals surface area (Å²) in [4.78, 5) is 12.0. The number of carbonyl (C=O) groups is 1. The SMILES string of the molecule is CCOCCNC(=O)C1(CN)CCOCC1.Cl. The maximum absolute atomic E-state index is 12.0. The van der Waals surface area contributed by atoms with Gasteiger partial charge < -0.3 is 20.5 Å². The number of ether oxygens (including phenoxy) is 2. The van der Waals surface area contributed by atoms with E-state index >= 15 is 0 Å². The van der Waals surface area contributed by atoms with Crippen molar-refractivity contribution in [2.75, 3.05) is 39.5 Å². The van der Waals surface area contributed by atoms with E-state index in [1.807, 2.05) is 6.92 Å². The molecule has 0 saturated carbocycles. The molecule has 0 bridgehead atoms. The number of carbonyl (C=O) groups excluding carboxylic acids is 1. The number of halogens is 1. The van der Waals surface area contributed by atoms with Gasteiger partial charge in [-0.15, -0.1) is 12.4 Å². The fourth-order valence-corrected chi connectivity index (χ4v) is 1.85. The maximum atomic E-state index is 12.0. The van der Waals surface area contributed by atoms with Crippen LogP contribution in [0.2, 0.25) is 0 Å². The molecule has 5 nitrogen and oxygen atoms in total. The van der Waals surface area contributed by atoms with E-state index in [0.717, 1.165) is 0 Å². The number of amides is 1. The van der Waals surface area contributed by atoms with Crippen LogP contribution in [0.4, 0.5) is 0 Å². The number of hydrogen-bond donors (Lipinski definition) is 2. The van der Waals surface area contributed by atoms with Gasteiger partial charge in [0, 0.05) is 32.9 Å². The largest absolute Gasteiger partial charge is 0.381 e. The first-order valence-corrected chi connectivity index (χ1v) is 5.89. The van der Waals surface area contributed by atoms with Gasteiger partial charge in [0.1, 0.15) is 0 Å². The highest BCUT2D eigenvalue weighted by molar-refractivity contribution is 5.85. The topological polar surface area (TPSA) is 73.6 Å². The van der Waals surface area contributed by atoms with E-state index in [1.54, 1.807) is 0 Å². The molecule has 102 valence electrons. The van der Waals surface area contributed by atoms with Crippen molar-refractivity contribution in [1.82, 2.24) is 5.32 Å². The Bertz CT molecular complexity index is 221. The second-order valence-electron chi connectivity index (χ2n) is 4.05. The van der Waals surface area contributed by atoms with Gasteiger partial charge >= 0.3 is 0 Å². The van der Waals surface area contributed by atoms with Gasteiger partial charge in [0.15, 0.2) is 0 Å². The second-order valence-corrected chi connectivity index (χ2v) is 4.05. The Balaban J connectivity index is 0.00000256. The molecule has 0 aliphatic carbocycles. The van der Waals surface area contributed by atoms with Gasteiger partial charge in [0.2, 0.25) is 5.91 Å². The standard InChI is InChI=1S/C11H22N2O3.ClH/c1-2-15-8-5-13-10(14)11(9-12)3-6-16-7-4-11;/h2-9,12H2,1H3,(H,13,14);1H. The Labute approximate surface area is 109 Å². The summed E-state index contributed by atoms with van der Waals surface area (Å²) in [5.41, 5.74) is 5.30. The monoisotopic (exact) mass is 266 g/mol. The van der Waals surface area contributed by atoms with Crippen LogP contribution >= 0.6 is 12.4 Å². The lowest BCUT2D eigenvalue weighted by molar-refractivity contribution is -0.136. The van der Waals surface area contributed by atoms with Crippen molar-refractivity contribution >= 4 is 18.3 Å². The van der Waals surface area contributed by atoms with Crippen molar-refractivity contribution in [3.63, 3.8) is 0 Å². The molecule has 1 aliphatic heterocycles. The summed E-state index contributed by atoms with van der Waals surface area (Å²) in [6.45, 7) is 5.34. The third-order valence-corrected chi connectivity index (χ3v) is 3.06. The molecule has 0 aromatic rings. The van der Waals surface area contributed by atoms with Gasteiger partial charge in [0.05, 0.1) is 12.0 Å². The third-order valence-electron chi connectivity index (χ3n) is 3.06. The molecule has 6 heteroatoms. The Kier molecular flexibility index (Phi) is 8.51. The van der Waals surface area contributed by atoms with Crippen LogP contribution in [0.1, 0.15) is 19.8 Å². The molecule has 1 aliphatic rings. The highest BCUT2D eigenvalue weighted by Crippen LogP contribution is 2.29. The molecule has 0 spiro atoms. The van der Waals surface area contributed by atoms with Crippen molar-refractivity contribution in [1.29, 1.82) is 0 Å². The van der Waals surface area contributed by atoms with E-state index in [2.05, 4.69) is 5.32 Å². The van der Waals surface area contributed by atoms with Crippen molar-refractivity contribution in [2.24, 2.45) is 11.1 Å². The van der Waals surface area contributed by atoms with Crippen LogP contribution < -0.4 is 11.1 Å².